The highest BCUT2D eigenvalue weighted by Crippen LogP contribution is 2.28. The Labute approximate surface area is 91.8 Å². The molecule has 2 nitrogen and oxygen atoms in total. The molecule has 0 bridgehead atoms. The molecule has 0 rings (SSSR count). The van der Waals surface area contributed by atoms with Crippen molar-refractivity contribution in [1.82, 2.24) is 0 Å². The lowest BCUT2D eigenvalue weighted by molar-refractivity contribution is 0.234. The van der Waals surface area contributed by atoms with E-state index in [-0.39, 0.29) is 10.0 Å². The molecule has 0 aliphatic carbocycles. The Bertz CT molecular complexity index is 130. The predicted octanol–water partition coefficient (Wildman–Crippen LogP) is 2.83. The van der Waals surface area contributed by atoms with Gasteiger partial charge in [0.2, 0.25) is 0 Å². The Morgan fingerprint density at radius 2 is 1.31 bits per heavy atom. The van der Waals surface area contributed by atoms with E-state index in [9.17, 15) is 0 Å². The van der Waals surface area contributed by atoms with Crippen LogP contribution in [0, 0.1) is 0 Å². The molecule has 2 atom stereocenters. The zero-order chi connectivity index (χ0) is 10.5. The maximum Gasteiger partial charge on any atom is 0.374 e. The van der Waals surface area contributed by atoms with Crippen molar-refractivity contribution in [3.05, 3.63) is 0 Å². The summed E-state index contributed by atoms with van der Waals surface area (Å²) in [6.45, 7) is 4.02. The van der Waals surface area contributed by atoms with Gasteiger partial charge in [0, 0.05) is 14.2 Å². The molecule has 0 N–H and O–H groups in total. The van der Waals surface area contributed by atoms with Gasteiger partial charge in [-0.2, -0.15) is 0 Å². The number of hydrogen-bond donors (Lipinski definition) is 0. The van der Waals surface area contributed by atoms with Crippen molar-refractivity contribution in [1.29, 1.82) is 0 Å². The van der Waals surface area contributed by atoms with E-state index in [1.807, 2.05) is 13.8 Å². The molecule has 0 radical (unpaired) electrons. The molecular formula is C8H18Cl2O2Si. The highest BCUT2D eigenvalue weighted by molar-refractivity contribution is 6.83. The normalized spacial score (nSPS) is 17.1. The summed E-state index contributed by atoms with van der Waals surface area (Å²) in [6, 6.07) is 0. The zero-order valence-corrected chi connectivity index (χ0v) is 11.2. The molecule has 80 valence electrons. The van der Waals surface area contributed by atoms with Crippen LogP contribution < -0.4 is 0 Å². The fraction of sp³-hybridized carbons (Fsp3) is 1.00. The molecule has 0 aromatic rings. The van der Waals surface area contributed by atoms with Crippen molar-refractivity contribution >= 4 is 31.8 Å². The van der Waals surface area contributed by atoms with Crippen molar-refractivity contribution < 1.29 is 8.85 Å². The molecule has 0 aliphatic heterocycles. The second kappa shape index (κ2) is 6.25. The number of halogens is 2. The fourth-order valence-corrected chi connectivity index (χ4v) is 6.26. The SMILES string of the molecule is CCC(Cl)[Si](OC)(OC)C(Cl)CC. The summed E-state index contributed by atoms with van der Waals surface area (Å²) in [6.07, 6.45) is 1.64. The van der Waals surface area contributed by atoms with Gasteiger partial charge in [-0.15, -0.1) is 23.2 Å². The first-order valence-corrected chi connectivity index (χ1v) is 7.31. The smallest absolute Gasteiger partial charge is 0.374 e. The minimum atomic E-state index is -2.42. The van der Waals surface area contributed by atoms with Crippen LogP contribution in [0.1, 0.15) is 26.7 Å². The summed E-state index contributed by atoms with van der Waals surface area (Å²) in [5, 5.41) is -0.185. The lowest BCUT2D eigenvalue weighted by Crippen LogP contribution is -2.57. The Balaban J connectivity index is 4.67. The van der Waals surface area contributed by atoms with Crippen molar-refractivity contribution in [2.75, 3.05) is 14.2 Å². The van der Waals surface area contributed by atoms with Gasteiger partial charge >= 0.3 is 8.56 Å². The van der Waals surface area contributed by atoms with Crippen LogP contribution in [0.4, 0.5) is 0 Å². The molecule has 0 fully saturated rings. The first-order chi connectivity index (χ1) is 6.08. The third-order valence-corrected chi connectivity index (χ3v) is 8.51. The van der Waals surface area contributed by atoms with E-state index in [0.29, 0.717) is 0 Å². The molecule has 0 aromatic heterocycles. The summed E-state index contributed by atoms with van der Waals surface area (Å²) >= 11 is 12.4. The zero-order valence-electron chi connectivity index (χ0n) is 8.64. The Hall–Kier alpha value is 0.717. The van der Waals surface area contributed by atoms with E-state index in [1.165, 1.54) is 0 Å². The number of alkyl halides is 2. The van der Waals surface area contributed by atoms with Crippen molar-refractivity contribution in [2.24, 2.45) is 0 Å². The monoisotopic (exact) mass is 244 g/mol. The summed E-state index contributed by atoms with van der Waals surface area (Å²) in [7, 11) is 0.842. The summed E-state index contributed by atoms with van der Waals surface area (Å²) in [4.78, 5) is 0. The molecule has 0 amide bonds. The summed E-state index contributed by atoms with van der Waals surface area (Å²) < 4.78 is 10.9. The van der Waals surface area contributed by atoms with Gasteiger partial charge in [0.25, 0.3) is 0 Å². The second-order valence-electron chi connectivity index (χ2n) is 2.88. The van der Waals surface area contributed by atoms with Crippen LogP contribution in [-0.2, 0) is 8.85 Å². The van der Waals surface area contributed by atoms with Gasteiger partial charge in [0.05, 0.1) is 10.0 Å². The second-order valence-corrected chi connectivity index (χ2v) is 8.32. The van der Waals surface area contributed by atoms with E-state index in [1.54, 1.807) is 14.2 Å². The minimum absolute atomic E-state index is 0.0926. The molecule has 0 heterocycles. The Kier molecular flexibility index (Phi) is 6.59. The Morgan fingerprint density at radius 3 is 1.46 bits per heavy atom. The highest BCUT2D eigenvalue weighted by Gasteiger charge is 2.48. The van der Waals surface area contributed by atoms with Gasteiger partial charge in [-0.3, -0.25) is 0 Å². The predicted molar refractivity (Wildman–Crippen MR) is 59.6 cm³/mol. The molecule has 0 aliphatic rings. The molecule has 0 spiro atoms. The van der Waals surface area contributed by atoms with Crippen LogP contribution in [0.2, 0.25) is 0 Å². The summed E-state index contributed by atoms with van der Waals surface area (Å²) in [5.41, 5.74) is 0. The highest BCUT2D eigenvalue weighted by atomic mass is 35.5. The third kappa shape index (κ3) is 2.83. The first-order valence-electron chi connectivity index (χ1n) is 4.47. The molecule has 2 unspecified atom stereocenters. The molecular weight excluding hydrogens is 227 g/mol. The van der Waals surface area contributed by atoms with Gasteiger partial charge in [0.1, 0.15) is 0 Å². The van der Waals surface area contributed by atoms with Crippen molar-refractivity contribution in [3.63, 3.8) is 0 Å². The van der Waals surface area contributed by atoms with E-state index in [2.05, 4.69) is 0 Å². The minimum Gasteiger partial charge on any atom is -0.396 e. The number of hydrogen-bond acceptors (Lipinski definition) is 2. The topological polar surface area (TPSA) is 18.5 Å². The van der Waals surface area contributed by atoms with Crippen molar-refractivity contribution in [3.8, 4) is 0 Å². The van der Waals surface area contributed by atoms with Crippen LogP contribution in [0.25, 0.3) is 0 Å². The Morgan fingerprint density at radius 1 is 1.00 bits per heavy atom. The molecule has 0 aromatic carbocycles. The third-order valence-electron chi connectivity index (χ3n) is 2.23. The van der Waals surface area contributed by atoms with E-state index >= 15 is 0 Å². The quantitative estimate of drug-likeness (QED) is 0.529. The van der Waals surface area contributed by atoms with Crippen LogP contribution >= 0.6 is 23.2 Å². The van der Waals surface area contributed by atoms with Crippen LogP contribution in [0.5, 0.6) is 0 Å². The molecule has 0 saturated carbocycles. The van der Waals surface area contributed by atoms with Gasteiger partial charge in [-0.25, -0.2) is 0 Å². The average Bonchev–Trinajstić information content (AvgIpc) is 2.19. The van der Waals surface area contributed by atoms with Crippen LogP contribution in [-0.4, -0.2) is 32.8 Å². The molecule has 13 heavy (non-hydrogen) atoms. The van der Waals surface area contributed by atoms with E-state index in [0.717, 1.165) is 12.8 Å². The van der Waals surface area contributed by atoms with Crippen LogP contribution in [0.3, 0.4) is 0 Å². The fourth-order valence-electron chi connectivity index (χ4n) is 1.36. The standard InChI is InChI=1S/C8H18Cl2O2Si/c1-5-7(9)13(11-3,12-4)8(10)6-2/h7-8H,5-6H2,1-4H3. The maximum atomic E-state index is 6.19. The van der Waals surface area contributed by atoms with E-state index in [4.69, 9.17) is 32.1 Å². The van der Waals surface area contributed by atoms with Crippen molar-refractivity contribution in [2.45, 2.75) is 36.7 Å². The summed E-state index contributed by atoms with van der Waals surface area (Å²) in [5.74, 6) is 0. The van der Waals surface area contributed by atoms with Gasteiger partial charge in [0.15, 0.2) is 0 Å². The van der Waals surface area contributed by atoms with Crippen LogP contribution in [0.15, 0.2) is 0 Å². The van der Waals surface area contributed by atoms with Gasteiger partial charge < -0.3 is 8.85 Å². The van der Waals surface area contributed by atoms with E-state index < -0.39 is 8.56 Å². The largest absolute Gasteiger partial charge is 0.396 e. The average molecular weight is 245 g/mol. The maximum absolute atomic E-state index is 6.19. The molecule has 0 saturated heterocycles. The van der Waals surface area contributed by atoms with Gasteiger partial charge in [-0.1, -0.05) is 13.8 Å². The van der Waals surface area contributed by atoms with Gasteiger partial charge in [-0.05, 0) is 12.8 Å². The first kappa shape index (κ1) is 13.7. The lowest BCUT2D eigenvalue weighted by Gasteiger charge is -2.34. The lowest BCUT2D eigenvalue weighted by atomic mass is 10.6. The number of rotatable bonds is 6. The molecule has 5 heteroatoms.